The average Bonchev–Trinajstić information content (AvgIpc) is 3.82. The van der Waals surface area contributed by atoms with E-state index in [2.05, 4.69) is 49.4 Å². The Hall–Kier alpha value is -2.90. The molecule has 0 radical (unpaired) electrons. The van der Waals surface area contributed by atoms with Gasteiger partial charge in [-0.25, -0.2) is 0 Å². The lowest BCUT2D eigenvalue weighted by Gasteiger charge is -2.00. The highest BCUT2D eigenvalue weighted by atomic mass is 32.1. The molecule has 4 heterocycles. The van der Waals surface area contributed by atoms with E-state index in [9.17, 15) is 9.59 Å². The number of benzene rings is 2. The van der Waals surface area contributed by atoms with Gasteiger partial charge in [-0.1, -0.05) is 82.2 Å². The molecule has 0 bridgehead atoms. The SMILES string of the molecule is CCCCCCCCCCc1cc(C=O)c(Cc2cc3cc4sc(Cc5sc(-c6ccccc6)cc5C=O)cc4cc3s2)s1. The van der Waals surface area contributed by atoms with Crippen molar-refractivity contribution in [3.63, 3.8) is 0 Å². The van der Waals surface area contributed by atoms with Gasteiger partial charge in [-0.15, -0.1) is 45.3 Å². The van der Waals surface area contributed by atoms with E-state index in [0.717, 1.165) is 58.3 Å². The van der Waals surface area contributed by atoms with Crippen molar-refractivity contribution < 1.29 is 9.59 Å². The Morgan fingerprint density at radius 3 is 1.75 bits per heavy atom. The molecule has 6 rings (SSSR count). The molecule has 6 aromatic rings. The third kappa shape index (κ3) is 7.48. The Morgan fingerprint density at radius 1 is 0.568 bits per heavy atom. The van der Waals surface area contributed by atoms with Crippen LogP contribution in [0.4, 0.5) is 0 Å². The second kappa shape index (κ2) is 14.9. The summed E-state index contributed by atoms with van der Waals surface area (Å²) in [7, 11) is 0. The van der Waals surface area contributed by atoms with Crippen LogP contribution in [0, 0.1) is 0 Å². The second-order valence-electron chi connectivity index (χ2n) is 11.6. The molecule has 6 heteroatoms. The predicted molar refractivity (Wildman–Crippen MR) is 194 cm³/mol. The molecule has 0 N–H and O–H groups in total. The first-order chi connectivity index (χ1) is 21.6. The molecule has 44 heavy (non-hydrogen) atoms. The number of hydrogen-bond acceptors (Lipinski definition) is 6. The standard InChI is InChI=1S/C38H38O2S4/c1-2-3-4-5-6-7-8-12-15-31-18-29(24-39)37(41-31)22-32-16-27-19-36-28(20-35(27)42-32)17-33(43-36)23-38-30(25-40)21-34(44-38)26-13-10-9-11-14-26/h9-11,13-14,16-21,24-25H,2-8,12,15,22-23H2,1H3. The zero-order valence-corrected chi connectivity index (χ0v) is 28.5. The summed E-state index contributed by atoms with van der Waals surface area (Å²) in [4.78, 5) is 31.2. The van der Waals surface area contributed by atoms with Gasteiger partial charge in [0, 0.05) is 62.6 Å². The molecule has 2 aromatic carbocycles. The van der Waals surface area contributed by atoms with E-state index in [1.807, 2.05) is 58.3 Å². The number of thiophene rings is 4. The smallest absolute Gasteiger partial charge is 0.151 e. The van der Waals surface area contributed by atoms with Crippen LogP contribution in [0.1, 0.15) is 103 Å². The van der Waals surface area contributed by atoms with Crippen molar-refractivity contribution in [3.8, 4) is 10.4 Å². The fourth-order valence-electron chi connectivity index (χ4n) is 5.89. The van der Waals surface area contributed by atoms with Crippen LogP contribution in [0.25, 0.3) is 30.6 Å². The molecule has 0 aliphatic heterocycles. The van der Waals surface area contributed by atoms with Crippen molar-refractivity contribution in [2.24, 2.45) is 0 Å². The van der Waals surface area contributed by atoms with Crippen molar-refractivity contribution in [1.82, 2.24) is 0 Å². The van der Waals surface area contributed by atoms with Crippen molar-refractivity contribution in [3.05, 3.63) is 102 Å². The molecule has 0 amide bonds. The highest BCUT2D eigenvalue weighted by Crippen LogP contribution is 2.38. The van der Waals surface area contributed by atoms with Crippen LogP contribution in [-0.2, 0) is 19.3 Å². The minimum Gasteiger partial charge on any atom is -0.298 e. The topological polar surface area (TPSA) is 34.1 Å². The minimum absolute atomic E-state index is 0.776. The lowest BCUT2D eigenvalue weighted by Crippen LogP contribution is -1.85. The number of rotatable bonds is 16. The minimum atomic E-state index is 0.776. The van der Waals surface area contributed by atoms with E-state index in [0.29, 0.717) is 0 Å². The fourth-order valence-corrected chi connectivity index (χ4v) is 10.6. The van der Waals surface area contributed by atoms with Gasteiger partial charge < -0.3 is 0 Å². The maximum absolute atomic E-state index is 11.9. The van der Waals surface area contributed by atoms with E-state index >= 15 is 0 Å². The van der Waals surface area contributed by atoms with Crippen LogP contribution >= 0.6 is 45.3 Å². The molecule has 0 aliphatic carbocycles. The van der Waals surface area contributed by atoms with Crippen LogP contribution in [0.15, 0.2) is 66.7 Å². The Bertz CT molecular complexity index is 1800. The molecule has 2 nitrogen and oxygen atoms in total. The molecule has 226 valence electrons. The zero-order chi connectivity index (χ0) is 30.3. The fraction of sp³-hybridized carbons (Fsp3) is 0.316. The summed E-state index contributed by atoms with van der Waals surface area (Å²) < 4.78 is 2.57. The largest absolute Gasteiger partial charge is 0.298 e. The van der Waals surface area contributed by atoms with E-state index in [1.165, 1.54) is 91.0 Å². The third-order valence-electron chi connectivity index (χ3n) is 8.25. The molecule has 0 saturated heterocycles. The molecule has 0 unspecified atom stereocenters. The highest BCUT2D eigenvalue weighted by molar-refractivity contribution is 7.21. The van der Waals surface area contributed by atoms with Crippen LogP contribution in [0.5, 0.6) is 0 Å². The quantitative estimate of drug-likeness (QED) is 0.0769. The molecule has 0 spiro atoms. The van der Waals surface area contributed by atoms with Crippen LogP contribution in [0.3, 0.4) is 0 Å². The van der Waals surface area contributed by atoms with Crippen molar-refractivity contribution >= 4 is 78.1 Å². The van der Waals surface area contributed by atoms with Crippen LogP contribution < -0.4 is 0 Å². The van der Waals surface area contributed by atoms with E-state index in [-0.39, 0.29) is 0 Å². The van der Waals surface area contributed by atoms with E-state index in [4.69, 9.17) is 0 Å². The molecular weight excluding hydrogens is 617 g/mol. The lowest BCUT2D eigenvalue weighted by molar-refractivity contribution is 0.111. The van der Waals surface area contributed by atoms with Gasteiger partial charge in [0.1, 0.15) is 0 Å². The van der Waals surface area contributed by atoms with E-state index < -0.39 is 0 Å². The highest BCUT2D eigenvalue weighted by Gasteiger charge is 2.15. The Labute approximate surface area is 276 Å². The number of carbonyl (C=O) groups excluding carboxylic acids is 2. The summed E-state index contributed by atoms with van der Waals surface area (Å²) in [5, 5.41) is 2.53. The van der Waals surface area contributed by atoms with Gasteiger partial charge in [0.25, 0.3) is 0 Å². The van der Waals surface area contributed by atoms with E-state index in [1.54, 1.807) is 11.3 Å². The van der Waals surface area contributed by atoms with Crippen molar-refractivity contribution in [2.45, 2.75) is 77.6 Å². The maximum atomic E-state index is 11.9. The monoisotopic (exact) mass is 654 g/mol. The average molecular weight is 655 g/mol. The summed E-state index contributed by atoms with van der Waals surface area (Å²) >= 11 is 7.20. The van der Waals surface area contributed by atoms with Crippen LogP contribution in [-0.4, -0.2) is 12.6 Å². The number of unbranched alkanes of at least 4 members (excludes halogenated alkanes) is 7. The zero-order valence-electron chi connectivity index (χ0n) is 25.2. The lowest BCUT2D eigenvalue weighted by atomic mass is 10.1. The van der Waals surface area contributed by atoms with Gasteiger partial charge in [0.05, 0.1) is 0 Å². The van der Waals surface area contributed by atoms with Crippen molar-refractivity contribution in [2.75, 3.05) is 0 Å². The number of fused-ring (bicyclic) bond motifs is 2. The van der Waals surface area contributed by atoms with Gasteiger partial charge in [0.2, 0.25) is 0 Å². The Kier molecular flexibility index (Phi) is 10.5. The number of aryl methyl sites for hydroxylation is 1. The first-order valence-corrected chi connectivity index (χ1v) is 19.0. The molecular formula is C38H38O2S4. The summed E-state index contributed by atoms with van der Waals surface area (Å²) in [6.45, 7) is 2.27. The summed E-state index contributed by atoms with van der Waals surface area (Å²) in [6.07, 6.45) is 15.3. The Balaban J connectivity index is 1.11. The van der Waals surface area contributed by atoms with Crippen LogP contribution in [0.2, 0.25) is 0 Å². The molecule has 0 atom stereocenters. The first kappa shape index (κ1) is 31.1. The van der Waals surface area contributed by atoms with Gasteiger partial charge >= 0.3 is 0 Å². The van der Waals surface area contributed by atoms with Crippen molar-refractivity contribution in [1.29, 1.82) is 0 Å². The molecule has 4 aromatic heterocycles. The molecule has 0 saturated carbocycles. The first-order valence-electron chi connectivity index (χ1n) is 15.8. The Morgan fingerprint density at radius 2 is 1.14 bits per heavy atom. The van der Waals surface area contributed by atoms with Gasteiger partial charge in [-0.05, 0) is 65.6 Å². The molecule has 0 fully saturated rings. The summed E-state index contributed by atoms with van der Waals surface area (Å²) in [6, 6.07) is 23.7. The summed E-state index contributed by atoms with van der Waals surface area (Å²) in [5.41, 5.74) is 2.81. The number of hydrogen-bond donors (Lipinski definition) is 0. The maximum Gasteiger partial charge on any atom is 0.151 e. The number of carbonyl (C=O) groups is 2. The van der Waals surface area contributed by atoms with Gasteiger partial charge in [-0.2, -0.15) is 0 Å². The van der Waals surface area contributed by atoms with Gasteiger partial charge in [-0.3, -0.25) is 9.59 Å². The second-order valence-corrected chi connectivity index (χ2v) is 16.3. The van der Waals surface area contributed by atoms with Gasteiger partial charge in [0.15, 0.2) is 12.6 Å². The molecule has 0 aliphatic rings. The number of aldehydes is 2. The predicted octanol–water partition coefficient (Wildman–Crippen LogP) is 12.4. The third-order valence-corrected chi connectivity index (χ3v) is 12.9. The normalized spacial score (nSPS) is 11.6. The summed E-state index contributed by atoms with van der Waals surface area (Å²) in [5.74, 6) is 0.